The van der Waals surface area contributed by atoms with Gasteiger partial charge in [0, 0.05) is 33.6 Å². The second-order valence-electron chi connectivity index (χ2n) is 4.22. The molecule has 0 aliphatic heterocycles. The predicted octanol–water partition coefficient (Wildman–Crippen LogP) is 0.953. The van der Waals surface area contributed by atoms with Gasteiger partial charge in [-0.25, -0.2) is 4.79 Å². The molecule has 0 radical (unpaired) electrons. The number of carboxylic acid groups (broad SMARTS) is 1. The lowest BCUT2D eigenvalue weighted by Gasteiger charge is -2.10. The molecule has 0 aliphatic rings. The number of rotatable bonds is 6. The van der Waals surface area contributed by atoms with E-state index in [-0.39, 0.29) is 11.5 Å². The lowest BCUT2D eigenvalue weighted by molar-refractivity contribution is -0.128. The van der Waals surface area contributed by atoms with E-state index in [1.807, 2.05) is 6.07 Å². The minimum atomic E-state index is -0.931. The first-order valence-electron chi connectivity index (χ1n) is 5.74. The van der Waals surface area contributed by atoms with Crippen molar-refractivity contribution < 1.29 is 14.7 Å². The van der Waals surface area contributed by atoms with Crippen molar-refractivity contribution in [1.82, 2.24) is 10.2 Å². The SMILES string of the molecule is CN(C)C(=O)CCNCc1cccc(C(=O)O)c1. The number of carbonyl (C=O) groups excluding carboxylic acids is 1. The van der Waals surface area contributed by atoms with Crippen LogP contribution in [0, 0.1) is 0 Å². The van der Waals surface area contributed by atoms with E-state index in [0.717, 1.165) is 5.56 Å². The van der Waals surface area contributed by atoms with Crippen molar-refractivity contribution >= 4 is 11.9 Å². The number of carbonyl (C=O) groups is 2. The Balaban J connectivity index is 2.38. The zero-order chi connectivity index (χ0) is 13.5. The largest absolute Gasteiger partial charge is 0.478 e. The maximum Gasteiger partial charge on any atom is 0.335 e. The summed E-state index contributed by atoms with van der Waals surface area (Å²) in [6, 6.07) is 6.75. The Kier molecular flexibility index (Phi) is 5.32. The summed E-state index contributed by atoms with van der Waals surface area (Å²) in [5.41, 5.74) is 1.17. The predicted molar refractivity (Wildman–Crippen MR) is 68.4 cm³/mol. The monoisotopic (exact) mass is 250 g/mol. The van der Waals surface area contributed by atoms with Gasteiger partial charge in [0.1, 0.15) is 0 Å². The van der Waals surface area contributed by atoms with E-state index in [4.69, 9.17) is 5.11 Å². The van der Waals surface area contributed by atoms with Gasteiger partial charge in [0.15, 0.2) is 0 Å². The van der Waals surface area contributed by atoms with E-state index >= 15 is 0 Å². The number of nitrogens with one attached hydrogen (secondary N) is 1. The molecule has 0 atom stereocenters. The molecular weight excluding hydrogens is 232 g/mol. The fraction of sp³-hybridized carbons (Fsp3) is 0.385. The van der Waals surface area contributed by atoms with Gasteiger partial charge in [-0.2, -0.15) is 0 Å². The van der Waals surface area contributed by atoms with E-state index in [1.165, 1.54) is 0 Å². The van der Waals surface area contributed by atoms with Gasteiger partial charge >= 0.3 is 5.97 Å². The van der Waals surface area contributed by atoms with Crippen LogP contribution >= 0.6 is 0 Å². The molecule has 18 heavy (non-hydrogen) atoms. The van der Waals surface area contributed by atoms with E-state index in [9.17, 15) is 9.59 Å². The fourth-order valence-electron chi connectivity index (χ4n) is 1.47. The van der Waals surface area contributed by atoms with Gasteiger partial charge in [0.25, 0.3) is 0 Å². The Labute approximate surface area is 106 Å². The average Bonchev–Trinajstić information content (AvgIpc) is 2.34. The average molecular weight is 250 g/mol. The van der Waals surface area contributed by atoms with Gasteiger partial charge < -0.3 is 15.3 Å². The second-order valence-corrected chi connectivity index (χ2v) is 4.22. The first-order valence-corrected chi connectivity index (χ1v) is 5.74. The minimum Gasteiger partial charge on any atom is -0.478 e. The smallest absolute Gasteiger partial charge is 0.335 e. The molecular formula is C13H18N2O3. The van der Waals surface area contributed by atoms with Crippen LogP contribution in [0.15, 0.2) is 24.3 Å². The summed E-state index contributed by atoms with van der Waals surface area (Å²) in [7, 11) is 3.44. The Hall–Kier alpha value is -1.88. The number of benzene rings is 1. The molecule has 0 unspecified atom stereocenters. The standard InChI is InChI=1S/C13H18N2O3/c1-15(2)12(16)6-7-14-9-10-4-3-5-11(8-10)13(17)18/h3-5,8,14H,6-7,9H2,1-2H3,(H,17,18). The molecule has 1 amide bonds. The Morgan fingerprint density at radius 2 is 2.06 bits per heavy atom. The summed E-state index contributed by atoms with van der Waals surface area (Å²) in [6.45, 7) is 1.14. The van der Waals surface area contributed by atoms with E-state index in [2.05, 4.69) is 5.32 Å². The van der Waals surface area contributed by atoms with Crippen molar-refractivity contribution in [3.8, 4) is 0 Å². The normalized spacial score (nSPS) is 10.1. The first-order chi connectivity index (χ1) is 8.50. The van der Waals surface area contributed by atoms with Crippen LogP contribution < -0.4 is 5.32 Å². The van der Waals surface area contributed by atoms with Crippen molar-refractivity contribution in [1.29, 1.82) is 0 Å². The minimum absolute atomic E-state index is 0.0711. The maximum atomic E-state index is 11.3. The van der Waals surface area contributed by atoms with Gasteiger partial charge in [0.2, 0.25) is 5.91 Å². The van der Waals surface area contributed by atoms with Crippen LogP contribution in [-0.4, -0.2) is 42.5 Å². The van der Waals surface area contributed by atoms with Gasteiger partial charge in [-0.3, -0.25) is 4.79 Å². The summed E-state index contributed by atoms with van der Waals surface area (Å²) in [6.07, 6.45) is 0.436. The molecule has 5 nitrogen and oxygen atoms in total. The molecule has 1 aromatic rings. The molecule has 98 valence electrons. The fourth-order valence-corrected chi connectivity index (χ4v) is 1.47. The van der Waals surface area contributed by atoms with Crippen LogP contribution in [0.25, 0.3) is 0 Å². The molecule has 0 heterocycles. The molecule has 0 saturated heterocycles. The Bertz CT molecular complexity index is 430. The van der Waals surface area contributed by atoms with Crippen molar-refractivity contribution in [3.63, 3.8) is 0 Å². The number of nitrogens with zero attached hydrogens (tertiary/aromatic N) is 1. The zero-order valence-electron chi connectivity index (χ0n) is 10.6. The zero-order valence-corrected chi connectivity index (χ0v) is 10.6. The molecule has 0 fully saturated rings. The molecule has 1 rings (SSSR count). The summed E-state index contributed by atoms with van der Waals surface area (Å²) in [5.74, 6) is -0.860. The van der Waals surface area contributed by atoms with E-state index in [0.29, 0.717) is 19.5 Å². The van der Waals surface area contributed by atoms with Gasteiger partial charge in [-0.1, -0.05) is 12.1 Å². The molecule has 0 aliphatic carbocycles. The highest BCUT2D eigenvalue weighted by Gasteiger charge is 2.04. The Morgan fingerprint density at radius 1 is 1.33 bits per heavy atom. The quantitative estimate of drug-likeness (QED) is 0.738. The third-order valence-corrected chi connectivity index (χ3v) is 2.52. The molecule has 5 heteroatoms. The van der Waals surface area contributed by atoms with Crippen LogP contribution in [0.1, 0.15) is 22.3 Å². The topological polar surface area (TPSA) is 69.6 Å². The molecule has 2 N–H and O–H groups in total. The van der Waals surface area contributed by atoms with Crippen LogP contribution in [0.5, 0.6) is 0 Å². The van der Waals surface area contributed by atoms with Crippen LogP contribution in [0.4, 0.5) is 0 Å². The van der Waals surface area contributed by atoms with E-state index < -0.39 is 5.97 Å². The Morgan fingerprint density at radius 3 is 2.67 bits per heavy atom. The highest BCUT2D eigenvalue weighted by Crippen LogP contribution is 2.05. The summed E-state index contributed by atoms with van der Waals surface area (Å²) < 4.78 is 0. The van der Waals surface area contributed by atoms with Crippen molar-refractivity contribution in [3.05, 3.63) is 35.4 Å². The van der Waals surface area contributed by atoms with Gasteiger partial charge in [-0.15, -0.1) is 0 Å². The second kappa shape index (κ2) is 6.76. The lowest BCUT2D eigenvalue weighted by Crippen LogP contribution is -2.26. The molecule has 0 spiro atoms. The molecule has 0 aromatic heterocycles. The first kappa shape index (κ1) is 14.2. The molecule has 1 aromatic carbocycles. The van der Waals surface area contributed by atoms with Crippen LogP contribution in [0.3, 0.4) is 0 Å². The third kappa shape index (κ3) is 4.55. The maximum absolute atomic E-state index is 11.3. The van der Waals surface area contributed by atoms with Crippen LogP contribution in [0.2, 0.25) is 0 Å². The van der Waals surface area contributed by atoms with Crippen molar-refractivity contribution in [2.45, 2.75) is 13.0 Å². The van der Waals surface area contributed by atoms with E-state index in [1.54, 1.807) is 37.2 Å². The number of hydrogen-bond donors (Lipinski definition) is 2. The number of carboxylic acids is 1. The summed E-state index contributed by atoms with van der Waals surface area (Å²) in [5, 5.41) is 12.0. The van der Waals surface area contributed by atoms with Crippen molar-refractivity contribution in [2.75, 3.05) is 20.6 Å². The lowest BCUT2D eigenvalue weighted by atomic mass is 10.1. The third-order valence-electron chi connectivity index (χ3n) is 2.52. The van der Waals surface area contributed by atoms with Gasteiger partial charge in [-0.05, 0) is 17.7 Å². The number of amides is 1. The highest BCUT2D eigenvalue weighted by molar-refractivity contribution is 5.87. The summed E-state index contributed by atoms with van der Waals surface area (Å²) in [4.78, 5) is 23.6. The highest BCUT2D eigenvalue weighted by atomic mass is 16.4. The molecule has 0 saturated carbocycles. The number of hydrogen-bond acceptors (Lipinski definition) is 3. The van der Waals surface area contributed by atoms with Gasteiger partial charge in [0.05, 0.1) is 5.56 Å². The number of aromatic carboxylic acids is 1. The van der Waals surface area contributed by atoms with Crippen molar-refractivity contribution in [2.24, 2.45) is 0 Å². The van der Waals surface area contributed by atoms with Crippen LogP contribution in [-0.2, 0) is 11.3 Å². The molecule has 0 bridgehead atoms. The summed E-state index contributed by atoms with van der Waals surface area (Å²) >= 11 is 0.